The van der Waals surface area contributed by atoms with Crippen molar-refractivity contribution in [2.24, 2.45) is 0 Å². The first kappa shape index (κ1) is 14.0. The van der Waals surface area contributed by atoms with Gasteiger partial charge in [0.2, 0.25) is 6.79 Å². The average Bonchev–Trinajstić information content (AvgIpc) is 2.95. The minimum absolute atomic E-state index is 0.0940. The second-order valence-electron chi connectivity index (χ2n) is 5.03. The van der Waals surface area contributed by atoms with E-state index in [0.717, 1.165) is 4.90 Å². The van der Waals surface area contributed by atoms with Gasteiger partial charge in [-0.25, -0.2) is 0 Å². The fraction of sp³-hybridized carbons (Fsp3) is 0.235. The smallest absolute Gasteiger partial charge is 0.231 e. The number of ether oxygens (including phenoxy) is 2. The van der Waals surface area contributed by atoms with Crippen LogP contribution in [0.2, 0.25) is 0 Å². The number of aryl methyl sites for hydroxylation is 2. The van der Waals surface area contributed by atoms with E-state index in [-0.39, 0.29) is 12.6 Å². The largest absolute Gasteiger partial charge is 0.454 e. The fourth-order valence-electron chi connectivity index (χ4n) is 2.11. The van der Waals surface area contributed by atoms with E-state index in [1.165, 1.54) is 11.1 Å². The lowest BCUT2D eigenvalue weighted by Gasteiger charge is -2.05. The van der Waals surface area contributed by atoms with Crippen molar-refractivity contribution in [1.82, 2.24) is 0 Å². The maximum atomic E-state index is 12.3. The summed E-state index contributed by atoms with van der Waals surface area (Å²) in [6, 6.07) is 11.6. The summed E-state index contributed by atoms with van der Waals surface area (Å²) in [5, 5.41) is 0. The highest BCUT2D eigenvalue weighted by Gasteiger charge is 2.16. The zero-order valence-corrected chi connectivity index (χ0v) is 12.8. The van der Waals surface area contributed by atoms with Gasteiger partial charge >= 0.3 is 0 Å². The fourth-order valence-corrected chi connectivity index (χ4v) is 2.99. The molecule has 0 aliphatic carbocycles. The number of hydrogen-bond acceptors (Lipinski definition) is 4. The van der Waals surface area contributed by atoms with Gasteiger partial charge in [-0.05, 0) is 55.3 Å². The van der Waals surface area contributed by atoms with Gasteiger partial charge in [0.05, 0.1) is 5.75 Å². The van der Waals surface area contributed by atoms with E-state index in [1.807, 2.05) is 0 Å². The van der Waals surface area contributed by atoms with E-state index < -0.39 is 0 Å². The van der Waals surface area contributed by atoms with Crippen LogP contribution in [0.25, 0.3) is 0 Å². The van der Waals surface area contributed by atoms with Crippen molar-refractivity contribution >= 4 is 17.5 Å². The van der Waals surface area contributed by atoms with Crippen LogP contribution in [-0.4, -0.2) is 18.3 Å². The number of ketones is 1. The SMILES string of the molecule is Cc1ccc(SCC(=O)c2ccc3c(c2)OCO3)cc1C. The number of rotatable bonds is 4. The number of carbonyl (C=O) groups is 1. The van der Waals surface area contributed by atoms with E-state index in [4.69, 9.17) is 9.47 Å². The van der Waals surface area contributed by atoms with Gasteiger partial charge in [0.25, 0.3) is 0 Å². The summed E-state index contributed by atoms with van der Waals surface area (Å²) in [6.45, 7) is 4.39. The molecule has 0 aromatic heterocycles. The Morgan fingerprint density at radius 2 is 1.86 bits per heavy atom. The summed E-state index contributed by atoms with van der Waals surface area (Å²) in [4.78, 5) is 13.4. The highest BCUT2D eigenvalue weighted by atomic mass is 32.2. The molecule has 1 aliphatic rings. The zero-order chi connectivity index (χ0) is 14.8. The molecule has 1 heterocycles. The van der Waals surface area contributed by atoms with Crippen LogP contribution in [0.4, 0.5) is 0 Å². The Balaban J connectivity index is 1.67. The second-order valence-corrected chi connectivity index (χ2v) is 6.07. The van der Waals surface area contributed by atoms with Gasteiger partial charge in [-0.2, -0.15) is 0 Å². The number of hydrogen-bond donors (Lipinski definition) is 0. The van der Waals surface area contributed by atoms with Crippen LogP contribution in [0.5, 0.6) is 11.5 Å². The van der Waals surface area contributed by atoms with Crippen LogP contribution in [0.3, 0.4) is 0 Å². The van der Waals surface area contributed by atoms with E-state index >= 15 is 0 Å². The molecule has 3 rings (SSSR count). The van der Waals surface area contributed by atoms with Gasteiger partial charge in [-0.15, -0.1) is 11.8 Å². The molecule has 0 unspecified atom stereocenters. The van der Waals surface area contributed by atoms with Gasteiger partial charge in [0.15, 0.2) is 17.3 Å². The summed E-state index contributed by atoms with van der Waals surface area (Å²) >= 11 is 1.56. The summed E-state index contributed by atoms with van der Waals surface area (Å²) < 4.78 is 10.5. The molecule has 0 bridgehead atoms. The van der Waals surface area contributed by atoms with Gasteiger partial charge in [-0.3, -0.25) is 4.79 Å². The Hall–Kier alpha value is -1.94. The van der Waals surface area contributed by atoms with Crippen LogP contribution < -0.4 is 9.47 Å². The van der Waals surface area contributed by atoms with Gasteiger partial charge in [0, 0.05) is 10.5 Å². The Morgan fingerprint density at radius 1 is 1.05 bits per heavy atom. The molecule has 0 radical (unpaired) electrons. The summed E-state index contributed by atoms with van der Waals surface area (Å²) in [7, 11) is 0. The molecule has 0 saturated heterocycles. The lowest BCUT2D eigenvalue weighted by atomic mass is 10.1. The minimum Gasteiger partial charge on any atom is -0.454 e. The van der Waals surface area contributed by atoms with Crippen LogP contribution in [0, 0.1) is 13.8 Å². The predicted molar refractivity (Wildman–Crippen MR) is 83.5 cm³/mol. The third-order valence-corrected chi connectivity index (χ3v) is 4.54. The average molecular weight is 300 g/mol. The standard InChI is InChI=1S/C17H16O3S/c1-11-3-5-14(7-12(11)2)21-9-15(18)13-4-6-16-17(8-13)20-10-19-16/h3-8H,9-10H2,1-2H3. The highest BCUT2D eigenvalue weighted by Crippen LogP contribution is 2.33. The minimum atomic E-state index is 0.0940. The van der Waals surface area contributed by atoms with Crippen molar-refractivity contribution in [2.75, 3.05) is 12.5 Å². The Bertz CT molecular complexity index is 694. The number of thioether (sulfide) groups is 1. The third-order valence-electron chi connectivity index (χ3n) is 3.54. The summed E-state index contributed by atoms with van der Waals surface area (Å²) in [5.74, 6) is 1.87. The van der Waals surface area contributed by atoms with Crippen molar-refractivity contribution < 1.29 is 14.3 Å². The molecule has 2 aromatic carbocycles. The monoisotopic (exact) mass is 300 g/mol. The molecule has 0 fully saturated rings. The maximum Gasteiger partial charge on any atom is 0.231 e. The number of benzene rings is 2. The quantitative estimate of drug-likeness (QED) is 0.631. The molecule has 108 valence electrons. The van der Waals surface area contributed by atoms with E-state index in [2.05, 4.69) is 32.0 Å². The molecular weight excluding hydrogens is 284 g/mol. The lowest BCUT2D eigenvalue weighted by Crippen LogP contribution is -2.02. The molecule has 3 nitrogen and oxygen atoms in total. The normalized spacial score (nSPS) is 12.5. The Morgan fingerprint density at radius 3 is 2.67 bits per heavy atom. The molecule has 1 aliphatic heterocycles. The van der Waals surface area contributed by atoms with Crippen LogP contribution in [0.15, 0.2) is 41.3 Å². The first-order valence-electron chi connectivity index (χ1n) is 6.76. The van der Waals surface area contributed by atoms with E-state index in [1.54, 1.807) is 30.0 Å². The predicted octanol–water partition coefficient (Wildman–Crippen LogP) is 4.01. The molecule has 21 heavy (non-hydrogen) atoms. The maximum absolute atomic E-state index is 12.3. The lowest BCUT2D eigenvalue weighted by molar-refractivity contribution is 0.102. The van der Waals surface area contributed by atoms with Gasteiger partial charge in [0.1, 0.15) is 0 Å². The number of Topliss-reactive ketones (excluding diaryl/α,β-unsaturated/α-hetero) is 1. The topological polar surface area (TPSA) is 35.5 Å². The van der Waals surface area contributed by atoms with Crippen molar-refractivity contribution in [1.29, 1.82) is 0 Å². The van der Waals surface area contributed by atoms with Crippen LogP contribution in [-0.2, 0) is 0 Å². The molecular formula is C17H16O3S. The third kappa shape index (κ3) is 3.05. The molecule has 4 heteroatoms. The van der Waals surface area contributed by atoms with Crippen molar-refractivity contribution in [3.8, 4) is 11.5 Å². The van der Waals surface area contributed by atoms with Crippen LogP contribution in [0.1, 0.15) is 21.5 Å². The van der Waals surface area contributed by atoms with Gasteiger partial charge in [-0.1, -0.05) is 6.07 Å². The Kier molecular flexibility index (Phi) is 3.88. The molecule has 0 N–H and O–H groups in total. The zero-order valence-electron chi connectivity index (χ0n) is 12.0. The van der Waals surface area contributed by atoms with Crippen molar-refractivity contribution in [2.45, 2.75) is 18.7 Å². The number of fused-ring (bicyclic) bond motifs is 1. The summed E-state index contributed by atoms with van der Waals surface area (Å²) in [6.07, 6.45) is 0. The Labute approximate surface area is 128 Å². The van der Waals surface area contributed by atoms with E-state index in [9.17, 15) is 4.79 Å². The van der Waals surface area contributed by atoms with E-state index in [0.29, 0.717) is 22.8 Å². The molecule has 2 aromatic rings. The molecule has 0 saturated carbocycles. The first-order valence-corrected chi connectivity index (χ1v) is 7.75. The van der Waals surface area contributed by atoms with Crippen molar-refractivity contribution in [3.05, 3.63) is 53.1 Å². The molecule has 0 spiro atoms. The first-order chi connectivity index (χ1) is 10.1. The molecule has 0 atom stereocenters. The van der Waals surface area contributed by atoms with Crippen LogP contribution >= 0.6 is 11.8 Å². The summed E-state index contributed by atoms with van der Waals surface area (Å²) in [5.41, 5.74) is 3.17. The second kappa shape index (κ2) is 5.82. The molecule has 0 amide bonds. The van der Waals surface area contributed by atoms with Gasteiger partial charge < -0.3 is 9.47 Å². The number of carbonyl (C=O) groups excluding carboxylic acids is 1. The van der Waals surface area contributed by atoms with Crippen molar-refractivity contribution in [3.63, 3.8) is 0 Å². The highest BCUT2D eigenvalue weighted by molar-refractivity contribution is 8.00.